The van der Waals surface area contributed by atoms with Gasteiger partial charge in [-0.25, -0.2) is 4.98 Å². The maximum absolute atomic E-state index is 13.1. The summed E-state index contributed by atoms with van der Waals surface area (Å²) in [6, 6.07) is 15.4. The van der Waals surface area contributed by atoms with Crippen molar-refractivity contribution in [3.05, 3.63) is 59.7 Å². The van der Waals surface area contributed by atoms with Crippen molar-refractivity contribution in [3.63, 3.8) is 0 Å². The van der Waals surface area contributed by atoms with Crippen molar-refractivity contribution in [3.8, 4) is 11.3 Å². The third kappa shape index (κ3) is 5.26. The SMILES string of the molecule is Cc1ccc(N2CC(C(=O)Nc3sc(SCC(N)=O)nc3-c3ccccc3)CC2=O)cc1C. The molecule has 1 aliphatic heterocycles. The summed E-state index contributed by atoms with van der Waals surface area (Å²) in [6.07, 6.45) is 0.154. The van der Waals surface area contributed by atoms with Crippen molar-refractivity contribution < 1.29 is 14.4 Å². The summed E-state index contributed by atoms with van der Waals surface area (Å²) in [4.78, 5) is 43.3. The van der Waals surface area contributed by atoms with Crippen LogP contribution in [0.3, 0.4) is 0 Å². The second-order valence-electron chi connectivity index (χ2n) is 7.94. The van der Waals surface area contributed by atoms with Crippen LogP contribution in [0.25, 0.3) is 11.3 Å². The zero-order chi connectivity index (χ0) is 23.5. The molecule has 170 valence electrons. The molecule has 0 aliphatic carbocycles. The normalized spacial score (nSPS) is 15.6. The Morgan fingerprint density at radius 2 is 1.94 bits per heavy atom. The van der Waals surface area contributed by atoms with E-state index >= 15 is 0 Å². The number of aromatic nitrogens is 1. The molecule has 1 aromatic heterocycles. The molecule has 33 heavy (non-hydrogen) atoms. The van der Waals surface area contributed by atoms with Crippen molar-refractivity contribution in [2.24, 2.45) is 11.7 Å². The fourth-order valence-corrected chi connectivity index (χ4v) is 5.42. The highest BCUT2D eigenvalue weighted by molar-refractivity contribution is 8.01. The second kappa shape index (κ2) is 9.76. The van der Waals surface area contributed by atoms with Crippen LogP contribution in [0.5, 0.6) is 0 Å². The first-order chi connectivity index (χ1) is 15.8. The van der Waals surface area contributed by atoms with E-state index in [4.69, 9.17) is 5.73 Å². The number of nitrogens with one attached hydrogen (secondary N) is 1. The molecule has 3 aromatic rings. The van der Waals surface area contributed by atoms with Crippen LogP contribution >= 0.6 is 23.1 Å². The summed E-state index contributed by atoms with van der Waals surface area (Å²) < 4.78 is 0.641. The Balaban J connectivity index is 1.53. The number of thiazole rings is 1. The molecule has 0 radical (unpaired) electrons. The van der Waals surface area contributed by atoms with Crippen LogP contribution < -0.4 is 16.0 Å². The average Bonchev–Trinajstić information content (AvgIpc) is 3.38. The molecular weight excluding hydrogens is 456 g/mol. The van der Waals surface area contributed by atoms with Crippen LogP contribution in [0.2, 0.25) is 0 Å². The minimum Gasteiger partial charge on any atom is -0.369 e. The van der Waals surface area contributed by atoms with E-state index in [2.05, 4.69) is 10.3 Å². The number of rotatable bonds is 7. The zero-order valence-electron chi connectivity index (χ0n) is 18.3. The second-order valence-corrected chi connectivity index (χ2v) is 10.2. The molecular formula is C24H24N4O3S2. The number of anilines is 2. The predicted molar refractivity (Wildman–Crippen MR) is 132 cm³/mol. The van der Waals surface area contributed by atoms with E-state index in [1.807, 2.05) is 62.4 Å². The fourth-order valence-electron chi connectivity index (χ4n) is 3.61. The first-order valence-corrected chi connectivity index (χ1v) is 12.3. The number of benzene rings is 2. The third-order valence-corrected chi connectivity index (χ3v) is 7.66. The number of hydrogen-bond donors (Lipinski definition) is 2. The number of nitrogens with two attached hydrogens (primary N) is 1. The van der Waals surface area contributed by atoms with Gasteiger partial charge in [0.1, 0.15) is 10.7 Å². The summed E-state index contributed by atoms with van der Waals surface area (Å²) in [5.74, 6) is -1.08. The third-order valence-electron chi connectivity index (χ3n) is 5.53. The van der Waals surface area contributed by atoms with Gasteiger partial charge in [0.25, 0.3) is 0 Å². The lowest BCUT2D eigenvalue weighted by molar-refractivity contribution is -0.122. The van der Waals surface area contributed by atoms with Gasteiger partial charge in [-0.15, -0.1) is 0 Å². The summed E-state index contributed by atoms with van der Waals surface area (Å²) in [5.41, 5.74) is 9.82. The highest BCUT2D eigenvalue weighted by Gasteiger charge is 2.35. The van der Waals surface area contributed by atoms with E-state index in [0.29, 0.717) is 21.6 Å². The van der Waals surface area contributed by atoms with E-state index < -0.39 is 11.8 Å². The fraction of sp³-hybridized carbons (Fsp3) is 0.250. The Labute approximate surface area is 200 Å². The van der Waals surface area contributed by atoms with Gasteiger partial charge in [-0.1, -0.05) is 59.5 Å². The number of aryl methyl sites for hydroxylation is 2. The topological polar surface area (TPSA) is 105 Å². The average molecular weight is 481 g/mol. The maximum atomic E-state index is 13.1. The van der Waals surface area contributed by atoms with Crippen LogP contribution in [0, 0.1) is 19.8 Å². The summed E-state index contributed by atoms with van der Waals surface area (Å²) >= 11 is 2.54. The van der Waals surface area contributed by atoms with E-state index in [1.54, 1.807) is 4.90 Å². The molecule has 3 N–H and O–H groups in total. The molecule has 1 saturated heterocycles. The minimum absolute atomic E-state index is 0.0660. The lowest BCUT2D eigenvalue weighted by Gasteiger charge is -2.18. The standard InChI is InChI=1S/C24H24N4O3S2/c1-14-8-9-18(10-15(14)2)28-12-17(11-20(28)30)22(31)27-23-21(16-6-4-3-5-7-16)26-24(33-23)32-13-19(25)29/h3-10,17H,11-13H2,1-2H3,(H2,25,29)(H,27,31). The maximum Gasteiger partial charge on any atom is 0.230 e. The molecule has 0 bridgehead atoms. The molecule has 1 unspecified atom stereocenters. The first-order valence-electron chi connectivity index (χ1n) is 10.5. The Hall–Kier alpha value is -3.17. The Morgan fingerprint density at radius 3 is 2.64 bits per heavy atom. The molecule has 0 saturated carbocycles. The van der Waals surface area contributed by atoms with Gasteiger partial charge in [-0.2, -0.15) is 0 Å². The highest BCUT2D eigenvalue weighted by Crippen LogP contribution is 2.38. The Bertz CT molecular complexity index is 1210. The quantitative estimate of drug-likeness (QED) is 0.498. The lowest BCUT2D eigenvalue weighted by atomic mass is 10.1. The Kier molecular flexibility index (Phi) is 6.80. The number of carbonyl (C=O) groups is 3. The number of amides is 3. The van der Waals surface area contributed by atoms with Gasteiger partial charge >= 0.3 is 0 Å². The number of hydrogen-bond acceptors (Lipinski definition) is 6. The lowest BCUT2D eigenvalue weighted by Crippen LogP contribution is -2.28. The molecule has 2 heterocycles. The first kappa shape index (κ1) is 23.0. The van der Waals surface area contributed by atoms with Crippen molar-refractivity contribution in [1.29, 1.82) is 0 Å². The number of thioether (sulfide) groups is 1. The molecule has 7 nitrogen and oxygen atoms in total. The van der Waals surface area contributed by atoms with Crippen molar-refractivity contribution in [2.75, 3.05) is 22.5 Å². The molecule has 1 fully saturated rings. The van der Waals surface area contributed by atoms with E-state index in [-0.39, 0.29) is 24.0 Å². The molecule has 2 aromatic carbocycles. The van der Waals surface area contributed by atoms with Gasteiger partial charge in [-0.05, 0) is 37.1 Å². The molecule has 1 atom stereocenters. The van der Waals surface area contributed by atoms with Crippen LogP contribution in [-0.4, -0.2) is 35.0 Å². The van der Waals surface area contributed by atoms with Crippen molar-refractivity contribution >= 4 is 51.5 Å². The molecule has 4 rings (SSSR count). The number of nitrogens with zero attached hydrogens (tertiary/aromatic N) is 2. The van der Waals surface area contributed by atoms with E-state index in [1.165, 1.54) is 23.1 Å². The molecule has 0 spiro atoms. The summed E-state index contributed by atoms with van der Waals surface area (Å²) in [7, 11) is 0. The van der Waals surface area contributed by atoms with Crippen molar-refractivity contribution in [1.82, 2.24) is 4.98 Å². The van der Waals surface area contributed by atoms with Crippen LogP contribution in [0.1, 0.15) is 17.5 Å². The number of primary amides is 1. The zero-order valence-corrected chi connectivity index (χ0v) is 20.0. The van der Waals surface area contributed by atoms with Crippen LogP contribution in [0.15, 0.2) is 52.9 Å². The molecule has 3 amide bonds. The largest absolute Gasteiger partial charge is 0.369 e. The summed E-state index contributed by atoms with van der Waals surface area (Å²) in [5, 5.41) is 3.57. The van der Waals surface area contributed by atoms with Gasteiger partial charge < -0.3 is 16.0 Å². The van der Waals surface area contributed by atoms with E-state index in [0.717, 1.165) is 22.4 Å². The number of carbonyl (C=O) groups excluding carboxylic acids is 3. The summed E-state index contributed by atoms with van der Waals surface area (Å²) in [6.45, 7) is 4.36. The minimum atomic E-state index is -0.466. The van der Waals surface area contributed by atoms with E-state index in [9.17, 15) is 14.4 Å². The molecule has 9 heteroatoms. The molecule has 1 aliphatic rings. The van der Waals surface area contributed by atoms with Gasteiger partial charge in [0.15, 0.2) is 4.34 Å². The van der Waals surface area contributed by atoms with Gasteiger partial charge in [0.05, 0.1) is 11.7 Å². The van der Waals surface area contributed by atoms with Crippen LogP contribution in [0.4, 0.5) is 10.7 Å². The van der Waals surface area contributed by atoms with Gasteiger partial charge in [-0.3, -0.25) is 14.4 Å². The van der Waals surface area contributed by atoms with Gasteiger partial charge in [0, 0.05) is 24.2 Å². The smallest absolute Gasteiger partial charge is 0.230 e. The highest BCUT2D eigenvalue weighted by atomic mass is 32.2. The van der Waals surface area contributed by atoms with Gasteiger partial charge in [0.2, 0.25) is 17.7 Å². The van der Waals surface area contributed by atoms with Crippen LogP contribution in [-0.2, 0) is 14.4 Å². The monoisotopic (exact) mass is 480 g/mol. The van der Waals surface area contributed by atoms with Crippen molar-refractivity contribution in [2.45, 2.75) is 24.6 Å². The Morgan fingerprint density at radius 1 is 1.18 bits per heavy atom. The predicted octanol–water partition coefficient (Wildman–Crippen LogP) is 4.00.